The molecule has 6 aliphatic rings. The van der Waals surface area contributed by atoms with E-state index in [4.69, 9.17) is 105 Å². The van der Waals surface area contributed by atoms with E-state index in [2.05, 4.69) is 67.0 Å². The lowest BCUT2D eigenvalue weighted by Crippen LogP contribution is -2.43. The van der Waals surface area contributed by atoms with Crippen LogP contribution in [-0.4, -0.2) is 185 Å². The number of nitrogens with zero attached hydrogens (tertiary/aromatic N) is 3. The Kier molecular flexibility index (Phi) is 28.8. The van der Waals surface area contributed by atoms with Crippen LogP contribution in [0.15, 0.2) is 194 Å². The van der Waals surface area contributed by atoms with E-state index >= 15 is 0 Å². The second kappa shape index (κ2) is 40.7. The van der Waals surface area contributed by atoms with Crippen molar-refractivity contribution >= 4 is 126 Å². The Hall–Kier alpha value is -11.2. The number of hydrogen-bond donors (Lipinski definition) is 8. The van der Waals surface area contributed by atoms with E-state index in [0.29, 0.717) is 83.9 Å². The van der Waals surface area contributed by atoms with Crippen molar-refractivity contribution in [1.82, 2.24) is 45.3 Å². The van der Waals surface area contributed by atoms with Gasteiger partial charge in [0.05, 0.1) is 32.5 Å². The molecular formula is C100H104Cl5N9O16. The Morgan fingerprint density at radius 2 is 0.962 bits per heavy atom. The molecule has 4 aromatic heterocycles. The topological polar surface area (TPSA) is 298 Å². The van der Waals surface area contributed by atoms with Gasteiger partial charge in [0.2, 0.25) is 5.91 Å². The molecule has 8 N–H and O–H groups in total. The third-order valence-electron chi connectivity index (χ3n) is 23.6. The molecule has 25 nitrogen and oxygen atoms in total. The molecule has 30 heteroatoms. The molecule has 0 aliphatic carbocycles. The summed E-state index contributed by atoms with van der Waals surface area (Å²) in [4.78, 5) is 70.1. The van der Waals surface area contributed by atoms with Crippen molar-refractivity contribution in [3.05, 3.63) is 287 Å². The maximum atomic E-state index is 13.5. The minimum atomic E-state index is -0.896. The van der Waals surface area contributed by atoms with E-state index in [1.165, 1.54) is 34.9 Å². The lowest BCUT2D eigenvalue weighted by Gasteiger charge is -2.37. The fourth-order valence-electron chi connectivity index (χ4n) is 17.7. The first-order valence-corrected chi connectivity index (χ1v) is 45.5. The Morgan fingerprint density at radius 3 is 1.43 bits per heavy atom. The van der Waals surface area contributed by atoms with Gasteiger partial charge in [-0.25, -0.2) is 14.4 Å². The average molecular weight is 1870 g/mol. The summed E-state index contributed by atoms with van der Waals surface area (Å²) in [5, 5.41) is 33.9. The number of carbonyl (C=O) groups is 4. The van der Waals surface area contributed by atoms with E-state index in [1.807, 2.05) is 151 Å². The summed E-state index contributed by atoms with van der Waals surface area (Å²) in [6, 6.07) is 59.7. The van der Waals surface area contributed by atoms with Crippen LogP contribution in [0.3, 0.4) is 0 Å². The van der Waals surface area contributed by atoms with Gasteiger partial charge in [0.15, 0.2) is 5.79 Å². The molecule has 2 saturated heterocycles. The molecule has 9 aromatic carbocycles. The number of hydrogen-bond acceptors (Lipinski definition) is 17. The summed E-state index contributed by atoms with van der Waals surface area (Å²) in [5.74, 6) is 1.90. The molecule has 0 saturated carbocycles. The molecule has 13 aromatic rings. The van der Waals surface area contributed by atoms with Gasteiger partial charge in [-0.2, -0.15) is 0 Å². The number of fused-ring (bicyclic) bond motifs is 12. The van der Waals surface area contributed by atoms with Crippen molar-refractivity contribution in [2.45, 2.75) is 134 Å². The zero-order valence-corrected chi connectivity index (χ0v) is 76.9. The van der Waals surface area contributed by atoms with Gasteiger partial charge in [-0.1, -0.05) is 107 Å². The third kappa shape index (κ3) is 21.7. The molecule has 130 heavy (non-hydrogen) atoms. The summed E-state index contributed by atoms with van der Waals surface area (Å²) in [7, 11) is 1.42. The largest absolute Gasteiger partial charge is 0.508 e. The number of aliphatic hydroxyl groups is 1. The molecule has 6 aliphatic heterocycles. The minimum absolute atomic E-state index is 0.0114. The number of phenols is 1. The molecule has 0 bridgehead atoms. The van der Waals surface area contributed by atoms with Gasteiger partial charge in [0.1, 0.15) is 90.6 Å². The zero-order valence-electron chi connectivity index (χ0n) is 73.1. The van der Waals surface area contributed by atoms with E-state index < -0.39 is 29.6 Å². The number of H-pyrrole nitrogens is 4. The lowest BCUT2D eigenvalue weighted by molar-refractivity contribution is -0.141. The molecule has 3 unspecified atom stereocenters. The average Bonchev–Trinajstić information content (AvgIpc) is 1.59. The predicted octanol–water partition coefficient (Wildman–Crippen LogP) is 20.6. The van der Waals surface area contributed by atoms with Crippen LogP contribution in [-0.2, 0) is 58.9 Å². The molecule has 0 spiro atoms. The van der Waals surface area contributed by atoms with E-state index in [1.54, 1.807) is 63.2 Å². The van der Waals surface area contributed by atoms with Crippen LogP contribution >= 0.6 is 58.0 Å². The van der Waals surface area contributed by atoms with Crippen LogP contribution in [0.5, 0.6) is 28.7 Å². The SMILES string of the molecule is CC(C)(C)OC(=O)N1CCc2c([nH]c3ccc(Cl)cc23)[C@@H]1c1ccc(O)cc1.CCOC(=O)N1CCc2c([nH]c3ccc(Cl)cc23)[C@@H]1c1ccc(OC[C@H]2COC(C)(C)O2)cc1.COCC(=O)NCC(O)COc1ccc(C2c3[nH]c4ccc(Cl)cc4c3CCN2C(=O)Oc2ccc(Cl)cc2)cc1.Clc1ccc2[nH]c3c(c2c1)CCNC3c1ccc(OC2CCOCC2)cc1. The number of rotatable bonds is 18. The van der Waals surface area contributed by atoms with E-state index in [9.17, 15) is 29.4 Å². The minimum Gasteiger partial charge on any atom is -0.508 e. The maximum Gasteiger partial charge on any atom is 0.416 e. The van der Waals surface area contributed by atoms with Crippen LogP contribution in [0.4, 0.5) is 14.4 Å². The van der Waals surface area contributed by atoms with Crippen molar-refractivity contribution in [1.29, 1.82) is 0 Å². The summed E-state index contributed by atoms with van der Waals surface area (Å²) in [6.07, 6.45) is 3.11. The van der Waals surface area contributed by atoms with Gasteiger partial charge in [-0.05, 0) is 257 Å². The number of aromatic nitrogens is 4. The van der Waals surface area contributed by atoms with Crippen molar-refractivity contribution in [2.75, 3.05) is 86.1 Å². The van der Waals surface area contributed by atoms with Crippen molar-refractivity contribution < 1.29 is 76.8 Å². The van der Waals surface area contributed by atoms with Crippen molar-refractivity contribution in [3.8, 4) is 28.7 Å². The number of benzene rings is 9. The number of amides is 4. The highest BCUT2D eigenvalue weighted by Crippen LogP contribution is 2.45. The Labute approximate surface area is 778 Å². The number of aromatic hydroxyl groups is 1. The number of carbonyl (C=O) groups excluding carboxylic acids is 4. The molecule has 2 fully saturated rings. The van der Waals surface area contributed by atoms with Crippen LogP contribution in [0, 0.1) is 0 Å². The first kappa shape index (κ1) is 92.1. The first-order chi connectivity index (χ1) is 62.7. The van der Waals surface area contributed by atoms with Crippen molar-refractivity contribution in [2.24, 2.45) is 0 Å². The Bertz CT molecular complexity index is 6170. The van der Waals surface area contributed by atoms with Crippen LogP contribution < -0.4 is 29.6 Å². The van der Waals surface area contributed by atoms with Gasteiger partial charge in [-0.3, -0.25) is 19.5 Å². The maximum absolute atomic E-state index is 13.5. The molecule has 4 amide bonds. The van der Waals surface area contributed by atoms with Gasteiger partial charge >= 0.3 is 18.3 Å². The van der Waals surface area contributed by atoms with Crippen LogP contribution in [0.1, 0.15) is 146 Å². The smallest absolute Gasteiger partial charge is 0.416 e. The van der Waals surface area contributed by atoms with Crippen LogP contribution in [0.2, 0.25) is 25.1 Å². The quantitative estimate of drug-likeness (QED) is 0.0396. The van der Waals surface area contributed by atoms with Crippen molar-refractivity contribution in [3.63, 3.8) is 0 Å². The lowest BCUT2D eigenvalue weighted by atomic mass is 9.92. The van der Waals surface area contributed by atoms with Gasteiger partial charge in [-0.15, -0.1) is 0 Å². The zero-order chi connectivity index (χ0) is 91.1. The summed E-state index contributed by atoms with van der Waals surface area (Å²) in [5.41, 5.74) is 16.4. The monoisotopic (exact) mass is 1860 g/mol. The standard InChI is InChI=1S/C30H29Cl2N3O6.C26H29ClN2O5.C22H23ClN2O3.C22H23ClN2O2/c1-39-17-27(37)33-15-21(36)16-40-22-7-2-18(3-8-22)29-28-24(25-14-20(32)6-11-26(25)34-28)12-13-35(29)30(38)41-23-9-4-19(31)5-10-23;1-4-31-25(30)29-12-11-20-21-13-17(27)7-10-22(21)28-23(20)24(29)16-5-8-18(9-6-16)32-14-19-15-33-26(2,3)34-19;1-22(2,3)28-21(27)25-11-10-16-17-12-14(23)6-9-18(17)24-19(16)20(25)13-4-7-15(26)8-5-13;23-15-3-6-20-19(13-15)18-7-10-24-21(22(18)25-20)14-1-4-16(5-2-14)27-17-8-11-26-12-9-17/h2-11,14,21,29,34,36H,12-13,15-17H2,1H3,(H,33,37);5-10,13,19,24,28H,4,11-12,14-15H2,1-3H3;4-9,12,20,24,26H,10-11H2,1-3H3;1-6,13,17,21,24-25H,7-12H2/t;19-,24-;20-;/m.00./s1. The Balaban J connectivity index is 0.000000128. The Morgan fingerprint density at radius 1 is 0.531 bits per heavy atom. The highest BCUT2D eigenvalue weighted by Gasteiger charge is 2.41. The third-order valence-corrected chi connectivity index (χ3v) is 24.8. The van der Waals surface area contributed by atoms with Crippen LogP contribution in [0.25, 0.3) is 43.6 Å². The molecule has 10 heterocycles. The summed E-state index contributed by atoms with van der Waals surface area (Å²) < 4.78 is 56.1. The number of phenolic OH excluding ortho intramolecular Hbond substituents is 1. The number of nitrogens with one attached hydrogen (secondary N) is 6. The first-order valence-electron chi connectivity index (χ1n) is 43.6. The number of ether oxygens (including phenoxy) is 10. The molecule has 680 valence electrons. The molecule has 19 rings (SSSR count). The van der Waals surface area contributed by atoms with E-state index in [-0.39, 0.29) is 73.9 Å². The second-order valence-corrected chi connectivity index (χ2v) is 36.4. The normalized spacial score (nSPS) is 18.3. The van der Waals surface area contributed by atoms with Gasteiger partial charge < -0.3 is 88.2 Å². The highest BCUT2D eigenvalue weighted by atomic mass is 35.5. The molecule has 0 radical (unpaired) electrons. The molecule has 6 atom stereocenters. The highest BCUT2D eigenvalue weighted by molar-refractivity contribution is 6.32. The van der Waals surface area contributed by atoms with Gasteiger partial charge in [0.25, 0.3) is 0 Å². The second-order valence-electron chi connectivity index (χ2n) is 34.2. The predicted molar refractivity (Wildman–Crippen MR) is 503 cm³/mol. The fraction of sp³-hybridized carbons (Fsp3) is 0.340. The summed E-state index contributed by atoms with van der Waals surface area (Å²) >= 11 is 31.0. The number of aliphatic hydroxyl groups excluding tert-OH is 1. The number of halogens is 5. The number of methoxy groups -OCH3 is 1. The molecular weight excluding hydrogens is 1760 g/mol. The van der Waals surface area contributed by atoms with E-state index in [0.717, 1.165) is 145 Å². The number of aromatic amines is 4. The van der Waals surface area contributed by atoms with Gasteiger partial charge in [0, 0.05) is 144 Å². The fourth-order valence-corrected chi connectivity index (χ4v) is 18.5. The summed E-state index contributed by atoms with van der Waals surface area (Å²) in [6.45, 7) is 16.5.